The molecule has 0 radical (unpaired) electrons. The summed E-state index contributed by atoms with van der Waals surface area (Å²) in [6, 6.07) is 0. The lowest BCUT2D eigenvalue weighted by atomic mass is 10.4. The first-order chi connectivity index (χ1) is 9.00. The van der Waals surface area contributed by atoms with Crippen LogP contribution in [0.15, 0.2) is 17.9 Å². The van der Waals surface area contributed by atoms with Gasteiger partial charge < -0.3 is 5.11 Å². The number of rotatable bonds is 4. The molecule has 0 aliphatic rings. The molecule has 0 bridgehead atoms. The summed E-state index contributed by atoms with van der Waals surface area (Å²) in [5.41, 5.74) is 1.10. The van der Waals surface area contributed by atoms with Gasteiger partial charge in [0.25, 0.3) is 0 Å². The zero-order valence-electron chi connectivity index (χ0n) is 9.55. The van der Waals surface area contributed by atoms with Crippen LogP contribution in [-0.4, -0.2) is 34.4 Å². The van der Waals surface area contributed by atoms with Crippen molar-refractivity contribution in [2.24, 2.45) is 0 Å². The highest BCUT2D eigenvalue weighted by atomic mass is 32.2. The molecule has 0 aliphatic carbocycles. The van der Waals surface area contributed by atoms with Gasteiger partial charge in [-0.3, -0.25) is 0 Å². The van der Waals surface area contributed by atoms with Crippen molar-refractivity contribution in [3.8, 4) is 0 Å². The average Bonchev–Trinajstić information content (AvgIpc) is 2.80. The van der Waals surface area contributed by atoms with Crippen LogP contribution < -0.4 is 4.31 Å². The first-order valence-electron chi connectivity index (χ1n) is 4.90. The van der Waals surface area contributed by atoms with E-state index in [2.05, 4.69) is 15.0 Å². The van der Waals surface area contributed by atoms with E-state index in [0.29, 0.717) is 5.82 Å². The van der Waals surface area contributed by atoms with Crippen molar-refractivity contribution < 1.29 is 18.3 Å². The van der Waals surface area contributed by atoms with Crippen LogP contribution in [0.4, 0.5) is 10.7 Å². The fourth-order valence-corrected chi connectivity index (χ4v) is 2.91. The molecule has 0 spiro atoms. The van der Waals surface area contributed by atoms with Gasteiger partial charge in [-0.05, 0) is 6.92 Å². The van der Waals surface area contributed by atoms with Gasteiger partial charge in [0, 0.05) is 0 Å². The van der Waals surface area contributed by atoms with E-state index >= 15 is 0 Å². The Morgan fingerprint density at radius 1 is 1.32 bits per heavy atom. The van der Waals surface area contributed by atoms with Crippen LogP contribution >= 0.6 is 11.3 Å². The number of aryl methyl sites for hydroxylation is 1. The van der Waals surface area contributed by atoms with Crippen molar-refractivity contribution in [2.75, 3.05) is 4.31 Å². The Kier molecular flexibility index (Phi) is 3.71. The second kappa shape index (κ2) is 5.28. The highest BCUT2D eigenvalue weighted by molar-refractivity contribution is 7.74. The summed E-state index contributed by atoms with van der Waals surface area (Å²) in [6.07, 6.45) is 2.61. The van der Waals surface area contributed by atoms with Crippen molar-refractivity contribution in [2.45, 2.75) is 6.92 Å². The minimum absolute atomic E-state index is 0.00364. The van der Waals surface area contributed by atoms with Crippen LogP contribution in [0, 0.1) is 6.92 Å². The van der Waals surface area contributed by atoms with Crippen LogP contribution in [0.2, 0.25) is 0 Å². The standard InChI is InChI=1S/C9H8N4O4S2/c1-5-10-2-6(3-11-5)13(19(16)17)8-7(9(14)15)12-4-18-8/h2-4,19H,1H3,(H,14,15). The van der Waals surface area contributed by atoms with E-state index in [-0.39, 0.29) is 16.4 Å². The number of aromatic carboxylic acids is 1. The third-order valence-corrected chi connectivity index (χ3v) is 3.82. The largest absolute Gasteiger partial charge is 0.476 e. The SMILES string of the molecule is Cc1ncc(N(c2scnc2C(=O)O)[SH](=O)=O)cn1. The molecule has 0 unspecified atom stereocenters. The van der Waals surface area contributed by atoms with Gasteiger partial charge in [0.15, 0.2) is 5.69 Å². The van der Waals surface area contributed by atoms with Gasteiger partial charge in [-0.2, -0.15) is 0 Å². The second-order valence-electron chi connectivity index (χ2n) is 3.35. The van der Waals surface area contributed by atoms with Gasteiger partial charge >= 0.3 is 5.97 Å². The number of carboxylic acids is 1. The molecule has 2 rings (SSSR count). The Balaban J connectivity index is 2.55. The fraction of sp³-hybridized carbons (Fsp3) is 0.111. The maximum absolute atomic E-state index is 11.4. The number of carboxylic acid groups (broad SMARTS) is 1. The van der Waals surface area contributed by atoms with E-state index in [1.165, 1.54) is 17.9 Å². The monoisotopic (exact) mass is 300 g/mol. The summed E-state index contributed by atoms with van der Waals surface area (Å²) in [5, 5.41) is 8.96. The predicted octanol–water partition coefficient (Wildman–Crippen LogP) is 0.604. The highest BCUT2D eigenvalue weighted by Gasteiger charge is 2.23. The number of carbonyl (C=O) groups is 1. The summed E-state index contributed by atoms with van der Waals surface area (Å²) >= 11 is 0.908. The average molecular weight is 300 g/mol. The summed E-state index contributed by atoms with van der Waals surface area (Å²) in [5.74, 6) is -0.821. The molecular weight excluding hydrogens is 292 g/mol. The Morgan fingerprint density at radius 2 is 1.95 bits per heavy atom. The molecule has 0 saturated carbocycles. The lowest BCUT2D eigenvalue weighted by Gasteiger charge is -2.14. The van der Waals surface area contributed by atoms with Gasteiger partial charge in [0.1, 0.15) is 10.8 Å². The van der Waals surface area contributed by atoms with Crippen molar-refractivity contribution in [1.82, 2.24) is 15.0 Å². The van der Waals surface area contributed by atoms with Crippen LogP contribution in [-0.2, 0) is 10.9 Å². The molecule has 10 heteroatoms. The Morgan fingerprint density at radius 3 is 2.47 bits per heavy atom. The number of hydrogen-bond donors (Lipinski definition) is 2. The minimum atomic E-state index is -3.08. The minimum Gasteiger partial charge on any atom is -0.476 e. The van der Waals surface area contributed by atoms with Crippen LogP contribution in [0.25, 0.3) is 0 Å². The molecular formula is C9H8N4O4S2. The quantitative estimate of drug-likeness (QED) is 0.795. The highest BCUT2D eigenvalue weighted by Crippen LogP contribution is 2.31. The summed E-state index contributed by atoms with van der Waals surface area (Å²) in [4.78, 5) is 22.4. The van der Waals surface area contributed by atoms with Gasteiger partial charge in [0.2, 0.25) is 10.9 Å². The molecule has 19 heavy (non-hydrogen) atoms. The zero-order chi connectivity index (χ0) is 14.0. The van der Waals surface area contributed by atoms with Gasteiger partial charge in [-0.15, -0.1) is 11.3 Å². The van der Waals surface area contributed by atoms with Crippen LogP contribution in [0.1, 0.15) is 16.3 Å². The molecule has 1 N–H and O–H groups in total. The normalized spacial score (nSPS) is 10.6. The first kappa shape index (κ1) is 13.4. The third kappa shape index (κ3) is 2.69. The van der Waals surface area contributed by atoms with Gasteiger partial charge in [-0.1, -0.05) is 0 Å². The van der Waals surface area contributed by atoms with Crippen molar-refractivity contribution >= 4 is 38.9 Å². The van der Waals surface area contributed by atoms with E-state index in [0.717, 1.165) is 15.6 Å². The van der Waals surface area contributed by atoms with E-state index in [9.17, 15) is 13.2 Å². The van der Waals surface area contributed by atoms with E-state index in [4.69, 9.17) is 5.11 Å². The molecule has 100 valence electrons. The van der Waals surface area contributed by atoms with Crippen molar-refractivity contribution in [3.63, 3.8) is 0 Å². The summed E-state index contributed by atoms with van der Waals surface area (Å²) in [7, 11) is -3.08. The Hall–Kier alpha value is -2.07. The number of anilines is 2. The zero-order valence-corrected chi connectivity index (χ0v) is 11.3. The molecule has 0 fully saturated rings. The topological polar surface area (TPSA) is 113 Å². The van der Waals surface area contributed by atoms with Crippen LogP contribution in [0.3, 0.4) is 0 Å². The molecule has 0 saturated heterocycles. The number of thiazole rings is 1. The molecule has 0 aliphatic heterocycles. The number of thiol groups is 1. The van der Waals surface area contributed by atoms with Crippen LogP contribution in [0.5, 0.6) is 0 Å². The van der Waals surface area contributed by atoms with Gasteiger partial charge in [0.05, 0.1) is 23.6 Å². The van der Waals surface area contributed by atoms with Crippen molar-refractivity contribution in [1.29, 1.82) is 0 Å². The molecule has 2 heterocycles. The maximum Gasteiger partial charge on any atom is 0.357 e. The Labute approximate surface area is 113 Å². The third-order valence-electron chi connectivity index (χ3n) is 2.12. The summed E-state index contributed by atoms with van der Waals surface area (Å²) < 4.78 is 23.5. The van der Waals surface area contributed by atoms with Gasteiger partial charge in [-0.25, -0.2) is 32.5 Å². The van der Waals surface area contributed by atoms with E-state index in [1.54, 1.807) is 6.92 Å². The lowest BCUT2D eigenvalue weighted by Crippen LogP contribution is -2.17. The van der Waals surface area contributed by atoms with E-state index < -0.39 is 16.9 Å². The van der Waals surface area contributed by atoms with E-state index in [1.807, 2.05) is 0 Å². The smallest absolute Gasteiger partial charge is 0.357 e. The second-order valence-corrected chi connectivity index (χ2v) is 5.06. The molecule has 2 aromatic rings. The molecule has 0 aromatic carbocycles. The molecule has 0 amide bonds. The fourth-order valence-electron chi connectivity index (χ4n) is 1.32. The summed E-state index contributed by atoms with van der Waals surface area (Å²) in [6.45, 7) is 1.65. The Bertz CT molecular complexity index is 672. The molecule has 8 nitrogen and oxygen atoms in total. The number of nitrogens with zero attached hydrogens (tertiary/aromatic N) is 4. The molecule has 0 atom stereocenters. The van der Waals surface area contributed by atoms with Crippen molar-refractivity contribution in [3.05, 3.63) is 29.4 Å². The maximum atomic E-state index is 11.4. The predicted molar refractivity (Wildman–Crippen MR) is 68.3 cm³/mol. The lowest BCUT2D eigenvalue weighted by molar-refractivity contribution is 0.0692. The number of aromatic nitrogens is 3. The first-order valence-corrected chi connectivity index (χ1v) is 6.91. The number of hydrogen-bond acceptors (Lipinski definition) is 7. The molecule has 2 aromatic heterocycles.